The van der Waals surface area contributed by atoms with Gasteiger partial charge in [-0.3, -0.25) is 4.79 Å². The molecule has 0 bridgehead atoms. The van der Waals surface area contributed by atoms with Gasteiger partial charge in [-0.2, -0.15) is 0 Å². The van der Waals surface area contributed by atoms with Gasteiger partial charge in [-0.15, -0.1) is 0 Å². The van der Waals surface area contributed by atoms with Crippen LogP contribution < -0.4 is 0 Å². The second-order valence-electron chi connectivity index (χ2n) is 5.91. The predicted octanol–water partition coefficient (Wildman–Crippen LogP) is 2.27. The second-order valence-corrected chi connectivity index (χ2v) is 5.91. The highest BCUT2D eigenvalue weighted by molar-refractivity contribution is 5.71. The summed E-state index contributed by atoms with van der Waals surface area (Å²) in [4.78, 5) is 13.0. The van der Waals surface area contributed by atoms with E-state index in [-0.39, 0.29) is 17.6 Å². The molecule has 104 valence electrons. The number of rotatable bonds is 5. The maximum atomic E-state index is 11.0. The normalized spacial score (nSPS) is 16.6. The molecular formula is C15H21NO3. The number of benzene rings is 1. The molecule has 1 saturated carbocycles. The van der Waals surface area contributed by atoms with Crippen LogP contribution in [0.2, 0.25) is 0 Å². The second kappa shape index (κ2) is 4.85. The Morgan fingerprint density at radius 3 is 2.47 bits per heavy atom. The lowest BCUT2D eigenvalue weighted by Gasteiger charge is -2.20. The monoisotopic (exact) mass is 263 g/mol. The summed E-state index contributed by atoms with van der Waals surface area (Å²) in [5.74, 6) is -0.523. The van der Waals surface area contributed by atoms with E-state index in [0.717, 1.165) is 29.5 Å². The van der Waals surface area contributed by atoms with Crippen LogP contribution in [0.25, 0.3) is 0 Å². The van der Waals surface area contributed by atoms with Crippen LogP contribution >= 0.6 is 0 Å². The highest BCUT2D eigenvalue weighted by atomic mass is 16.4. The van der Waals surface area contributed by atoms with Crippen molar-refractivity contribution >= 4 is 5.97 Å². The lowest BCUT2D eigenvalue weighted by Crippen LogP contribution is -2.16. The lowest BCUT2D eigenvalue weighted by molar-refractivity contribution is -0.137. The topological polar surface area (TPSA) is 60.8 Å². The number of aromatic hydroxyl groups is 1. The van der Waals surface area contributed by atoms with Crippen LogP contribution in [0.3, 0.4) is 0 Å². The van der Waals surface area contributed by atoms with Crippen molar-refractivity contribution in [2.45, 2.75) is 38.1 Å². The van der Waals surface area contributed by atoms with E-state index in [2.05, 4.69) is 0 Å². The fourth-order valence-electron chi connectivity index (χ4n) is 2.70. The summed E-state index contributed by atoms with van der Waals surface area (Å²) in [7, 11) is 3.90. The molecule has 0 radical (unpaired) electrons. The van der Waals surface area contributed by atoms with E-state index >= 15 is 0 Å². The fraction of sp³-hybridized carbons (Fsp3) is 0.533. The zero-order valence-corrected chi connectivity index (χ0v) is 11.7. The molecular weight excluding hydrogens is 242 g/mol. The number of aliphatic carboxylic acids is 1. The number of phenols is 1. The van der Waals surface area contributed by atoms with Crippen molar-refractivity contribution in [3.63, 3.8) is 0 Å². The van der Waals surface area contributed by atoms with Crippen molar-refractivity contribution in [2.24, 2.45) is 0 Å². The summed E-state index contributed by atoms with van der Waals surface area (Å²) in [6.45, 7) is 2.64. The molecule has 0 saturated heterocycles. The summed E-state index contributed by atoms with van der Waals surface area (Å²) in [5.41, 5.74) is 2.41. The smallest absolute Gasteiger partial charge is 0.304 e. The number of carbonyl (C=O) groups is 1. The molecule has 0 unspecified atom stereocenters. The van der Waals surface area contributed by atoms with Gasteiger partial charge >= 0.3 is 5.97 Å². The van der Waals surface area contributed by atoms with Gasteiger partial charge < -0.3 is 15.1 Å². The van der Waals surface area contributed by atoms with Gasteiger partial charge in [-0.25, -0.2) is 0 Å². The summed E-state index contributed by atoms with van der Waals surface area (Å²) >= 11 is 0. The number of hydrogen-bond acceptors (Lipinski definition) is 3. The molecule has 1 aliphatic carbocycles. The Balaban J connectivity index is 2.41. The lowest BCUT2D eigenvalue weighted by atomic mass is 9.88. The Bertz CT molecular complexity index is 504. The zero-order valence-electron chi connectivity index (χ0n) is 11.7. The first-order chi connectivity index (χ1) is 8.84. The SMILES string of the molecule is Cc1cc(CN(C)C)c(O)c(C2(CC(=O)O)CC2)c1. The third-order valence-corrected chi connectivity index (χ3v) is 3.73. The molecule has 19 heavy (non-hydrogen) atoms. The largest absolute Gasteiger partial charge is 0.507 e. The highest BCUT2D eigenvalue weighted by Gasteiger charge is 2.48. The quantitative estimate of drug-likeness (QED) is 0.855. The molecule has 0 aliphatic heterocycles. The maximum Gasteiger partial charge on any atom is 0.304 e. The molecule has 2 rings (SSSR count). The Labute approximate surface area is 113 Å². The summed E-state index contributed by atoms with van der Waals surface area (Å²) in [5, 5.41) is 19.5. The van der Waals surface area contributed by atoms with E-state index in [1.54, 1.807) is 0 Å². The van der Waals surface area contributed by atoms with Gasteiger partial charge in [0.15, 0.2) is 0 Å². The van der Waals surface area contributed by atoms with Crippen LogP contribution in [0.1, 0.15) is 36.0 Å². The zero-order chi connectivity index (χ0) is 14.2. The summed E-state index contributed by atoms with van der Waals surface area (Å²) < 4.78 is 0. The minimum Gasteiger partial charge on any atom is -0.507 e. The van der Waals surface area contributed by atoms with Crippen LogP contribution in [0.5, 0.6) is 5.75 Å². The Hall–Kier alpha value is -1.55. The molecule has 1 fully saturated rings. The first-order valence-corrected chi connectivity index (χ1v) is 6.53. The van der Waals surface area contributed by atoms with Crippen LogP contribution in [-0.4, -0.2) is 35.2 Å². The molecule has 0 aromatic heterocycles. The molecule has 1 aromatic rings. The maximum absolute atomic E-state index is 11.0. The molecule has 0 heterocycles. The standard InChI is InChI=1S/C15H21NO3/c1-10-6-11(9-16(2)3)14(19)12(7-10)15(4-5-15)8-13(17)18/h6-7,19H,4-5,8-9H2,1-3H3,(H,17,18). The van der Waals surface area contributed by atoms with E-state index < -0.39 is 5.97 Å². The third kappa shape index (κ3) is 2.89. The molecule has 0 atom stereocenters. The number of hydrogen-bond donors (Lipinski definition) is 2. The average Bonchev–Trinajstić information content (AvgIpc) is 3.02. The van der Waals surface area contributed by atoms with Gasteiger partial charge in [0.05, 0.1) is 6.42 Å². The Kier molecular flexibility index (Phi) is 3.54. The van der Waals surface area contributed by atoms with Crippen molar-refractivity contribution in [3.8, 4) is 5.75 Å². The van der Waals surface area contributed by atoms with Crippen LogP contribution in [0, 0.1) is 6.92 Å². The van der Waals surface area contributed by atoms with E-state index in [1.165, 1.54) is 0 Å². The van der Waals surface area contributed by atoms with Crippen molar-refractivity contribution in [1.82, 2.24) is 4.90 Å². The van der Waals surface area contributed by atoms with Crippen molar-refractivity contribution in [2.75, 3.05) is 14.1 Å². The van der Waals surface area contributed by atoms with Gasteiger partial charge in [-0.1, -0.05) is 17.7 Å². The molecule has 4 nitrogen and oxygen atoms in total. The van der Waals surface area contributed by atoms with Gasteiger partial charge in [0.1, 0.15) is 5.75 Å². The van der Waals surface area contributed by atoms with Crippen molar-refractivity contribution in [1.29, 1.82) is 0 Å². The van der Waals surface area contributed by atoms with Gasteiger partial charge in [-0.05, 0) is 33.9 Å². The highest BCUT2D eigenvalue weighted by Crippen LogP contribution is 2.54. The molecule has 4 heteroatoms. The van der Waals surface area contributed by atoms with E-state index in [0.29, 0.717) is 6.54 Å². The molecule has 1 aliphatic rings. The number of carboxylic acids is 1. The van der Waals surface area contributed by atoms with E-state index in [4.69, 9.17) is 5.11 Å². The van der Waals surface area contributed by atoms with Gasteiger partial charge in [0.25, 0.3) is 0 Å². The minimum absolute atomic E-state index is 0.103. The Morgan fingerprint density at radius 2 is 2.00 bits per heavy atom. The fourth-order valence-corrected chi connectivity index (χ4v) is 2.70. The average molecular weight is 263 g/mol. The van der Waals surface area contributed by atoms with E-state index in [1.807, 2.05) is 38.1 Å². The molecule has 0 spiro atoms. The van der Waals surface area contributed by atoms with Crippen LogP contribution in [-0.2, 0) is 16.8 Å². The first kappa shape index (κ1) is 13.9. The number of phenolic OH excluding ortho intramolecular Hbond substituents is 1. The number of aryl methyl sites for hydroxylation is 1. The van der Waals surface area contributed by atoms with Crippen LogP contribution in [0.4, 0.5) is 0 Å². The summed E-state index contributed by atoms with van der Waals surface area (Å²) in [6.07, 6.45) is 1.79. The van der Waals surface area contributed by atoms with Crippen LogP contribution in [0.15, 0.2) is 12.1 Å². The van der Waals surface area contributed by atoms with E-state index in [9.17, 15) is 9.90 Å². The van der Waals surface area contributed by atoms with Gasteiger partial charge in [0.2, 0.25) is 0 Å². The molecule has 1 aromatic carbocycles. The number of nitrogens with zero attached hydrogens (tertiary/aromatic N) is 1. The van der Waals surface area contributed by atoms with Crippen molar-refractivity contribution in [3.05, 3.63) is 28.8 Å². The van der Waals surface area contributed by atoms with Crippen molar-refractivity contribution < 1.29 is 15.0 Å². The molecule has 2 N–H and O–H groups in total. The Morgan fingerprint density at radius 1 is 1.37 bits per heavy atom. The molecule has 0 amide bonds. The van der Waals surface area contributed by atoms with Gasteiger partial charge in [0, 0.05) is 23.1 Å². The summed E-state index contributed by atoms with van der Waals surface area (Å²) in [6, 6.07) is 3.90. The first-order valence-electron chi connectivity index (χ1n) is 6.53. The third-order valence-electron chi connectivity index (χ3n) is 3.73. The number of carboxylic acid groups (broad SMARTS) is 1. The predicted molar refractivity (Wildman–Crippen MR) is 73.4 cm³/mol. The minimum atomic E-state index is -0.799.